The van der Waals surface area contributed by atoms with Gasteiger partial charge in [0.25, 0.3) is 12.4 Å². The van der Waals surface area contributed by atoms with Crippen LogP contribution in [-0.2, 0) is 14.3 Å². The third-order valence-electron chi connectivity index (χ3n) is 4.07. The van der Waals surface area contributed by atoms with Crippen molar-refractivity contribution in [3.8, 4) is 11.8 Å². The van der Waals surface area contributed by atoms with Crippen LogP contribution >= 0.6 is 0 Å². The largest absolute Gasteiger partial charge is 0.483 e. The van der Waals surface area contributed by atoms with E-state index >= 15 is 0 Å². The number of amides is 1. The lowest BCUT2D eigenvalue weighted by atomic mass is 10.1. The van der Waals surface area contributed by atoms with E-state index in [-0.39, 0.29) is 12.4 Å². The first-order valence-electron chi connectivity index (χ1n) is 8.80. The van der Waals surface area contributed by atoms with Crippen LogP contribution in [0.25, 0.3) is 0 Å². The zero-order valence-corrected chi connectivity index (χ0v) is 15.6. The molecule has 0 aliphatic carbocycles. The van der Waals surface area contributed by atoms with E-state index in [2.05, 4.69) is 23.7 Å². The number of rotatable bonds is 4. The van der Waals surface area contributed by atoms with Gasteiger partial charge in [-0.25, -0.2) is 0 Å². The van der Waals surface area contributed by atoms with E-state index in [1.165, 1.54) is 0 Å². The van der Waals surface area contributed by atoms with Crippen molar-refractivity contribution in [1.29, 1.82) is 0 Å². The highest BCUT2D eigenvalue weighted by Crippen LogP contribution is 2.20. The van der Waals surface area contributed by atoms with Crippen molar-refractivity contribution >= 4 is 12.4 Å². The van der Waals surface area contributed by atoms with E-state index in [1.54, 1.807) is 7.11 Å². The first-order valence-corrected chi connectivity index (χ1v) is 8.80. The zero-order chi connectivity index (χ0) is 19.2. The summed E-state index contributed by atoms with van der Waals surface area (Å²) in [6.07, 6.45) is 1.36. The fourth-order valence-corrected chi connectivity index (χ4v) is 2.82. The molecule has 1 atom stereocenters. The molecule has 0 radical (unpaired) electrons. The maximum atomic E-state index is 12.8. The van der Waals surface area contributed by atoms with Crippen LogP contribution in [0.1, 0.15) is 31.4 Å². The molecule has 1 saturated heterocycles. The predicted octanol–water partition coefficient (Wildman–Crippen LogP) is 2.02. The number of hydrogen-bond donors (Lipinski definition) is 1. The minimum Gasteiger partial charge on any atom is -0.483 e. The molecular weight excluding hydrogens is 332 g/mol. The molecule has 2 rings (SSSR count). The summed E-state index contributed by atoms with van der Waals surface area (Å²) in [7, 11) is 1.60. The Labute approximate surface area is 155 Å². The van der Waals surface area contributed by atoms with Crippen LogP contribution in [0.5, 0.6) is 0 Å². The topological polar surface area (TPSA) is 70.1 Å². The molecule has 142 valence electrons. The molecule has 26 heavy (non-hydrogen) atoms. The lowest BCUT2D eigenvalue weighted by Gasteiger charge is -2.25. The monoisotopic (exact) mass is 360 g/mol. The predicted molar refractivity (Wildman–Crippen MR) is 101 cm³/mol. The molecule has 1 aromatic rings. The van der Waals surface area contributed by atoms with Gasteiger partial charge in [0, 0.05) is 39.7 Å². The smallest absolute Gasteiger partial charge is 0.290 e. The summed E-state index contributed by atoms with van der Waals surface area (Å²) >= 11 is 0. The van der Waals surface area contributed by atoms with E-state index in [0.29, 0.717) is 0 Å². The second-order valence-corrected chi connectivity index (χ2v) is 5.79. The van der Waals surface area contributed by atoms with Gasteiger partial charge in [0.1, 0.15) is 0 Å². The molecule has 0 bridgehead atoms. The fraction of sp³-hybridized carbons (Fsp3) is 0.500. The number of benzene rings is 1. The average molecular weight is 360 g/mol. The number of ether oxygens (including phenoxy) is 1. The lowest BCUT2D eigenvalue weighted by molar-refractivity contribution is -0.142. The molecule has 1 N–H and O–H groups in total. The molecule has 1 aromatic carbocycles. The molecule has 1 amide bonds. The molecule has 0 saturated carbocycles. The highest BCUT2D eigenvalue weighted by Gasteiger charge is 2.27. The average Bonchev–Trinajstić information content (AvgIpc) is 2.90. The summed E-state index contributed by atoms with van der Waals surface area (Å²) in [5.41, 5.74) is 0.912. The second-order valence-electron chi connectivity index (χ2n) is 5.79. The van der Waals surface area contributed by atoms with Gasteiger partial charge in [-0.1, -0.05) is 43.2 Å². The minimum absolute atomic E-state index is 0.0557. The van der Waals surface area contributed by atoms with Crippen LogP contribution in [0.3, 0.4) is 0 Å². The van der Waals surface area contributed by atoms with E-state index in [9.17, 15) is 4.79 Å². The lowest BCUT2D eigenvalue weighted by Crippen LogP contribution is -2.38. The molecule has 6 heteroatoms. The van der Waals surface area contributed by atoms with Crippen LogP contribution in [0.2, 0.25) is 0 Å². The SMILES string of the molecule is CCC#CCN1CCCN(C(=O)[C@@H](OC)c2ccccc2)CC1.O=CO. The van der Waals surface area contributed by atoms with Crippen molar-refractivity contribution in [2.45, 2.75) is 25.9 Å². The molecule has 1 aliphatic rings. The van der Waals surface area contributed by atoms with Crippen LogP contribution in [0.4, 0.5) is 0 Å². The van der Waals surface area contributed by atoms with Crippen molar-refractivity contribution in [2.24, 2.45) is 0 Å². The molecule has 6 nitrogen and oxygen atoms in total. The van der Waals surface area contributed by atoms with Crippen molar-refractivity contribution in [1.82, 2.24) is 9.80 Å². The Hall–Kier alpha value is -2.36. The third-order valence-corrected chi connectivity index (χ3v) is 4.07. The Morgan fingerprint density at radius 1 is 1.23 bits per heavy atom. The van der Waals surface area contributed by atoms with Gasteiger partial charge >= 0.3 is 0 Å². The number of carbonyl (C=O) groups excluding carboxylic acids is 1. The molecule has 1 fully saturated rings. The first-order chi connectivity index (χ1) is 12.7. The van der Waals surface area contributed by atoms with Crippen molar-refractivity contribution in [2.75, 3.05) is 39.8 Å². The van der Waals surface area contributed by atoms with Gasteiger partial charge < -0.3 is 14.7 Å². The first kappa shape index (κ1) is 21.7. The molecule has 0 aromatic heterocycles. The van der Waals surface area contributed by atoms with Crippen LogP contribution < -0.4 is 0 Å². The number of carbonyl (C=O) groups is 2. The maximum absolute atomic E-state index is 12.8. The highest BCUT2D eigenvalue weighted by molar-refractivity contribution is 5.82. The van der Waals surface area contributed by atoms with Crippen LogP contribution in [0.15, 0.2) is 30.3 Å². The highest BCUT2D eigenvalue weighted by atomic mass is 16.5. The van der Waals surface area contributed by atoms with Gasteiger partial charge in [-0.05, 0) is 12.0 Å². The number of carboxylic acid groups (broad SMARTS) is 1. The van der Waals surface area contributed by atoms with Gasteiger partial charge in [0.2, 0.25) is 0 Å². The fourth-order valence-electron chi connectivity index (χ4n) is 2.82. The molecule has 1 aliphatic heterocycles. The summed E-state index contributed by atoms with van der Waals surface area (Å²) in [4.78, 5) is 25.4. The number of nitrogens with zero attached hydrogens (tertiary/aromatic N) is 2. The summed E-state index contributed by atoms with van der Waals surface area (Å²) in [5, 5.41) is 6.89. The van der Waals surface area contributed by atoms with E-state index in [4.69, 9.17) is 14.6 Å². The molecule has 1 heterocycles. The van der Waals surface area contributed by atoms with Crippen molar-refractivity contribution < 1.29 is 19.4 Å². The number of hydrogen-bond acceptors (Lipinski definition) is 4. The summed E-state index contributed by atoms with van der Waals surface area (Å²) in [5.74, 6) is 6.35. The van der Waals surface area contributed by atoms with Crippen LogP contribution in [0, 0.1) is 11.8 Å². The Morgan fingerprint density at radius 3 is 2.54 bits per heavy atom. The summed E-state index contributed by atoms with van der Waals surface area (Å²) in [6, 6.07) is 9.70. The molecular formula is C20H28N2O4. The second kappa shape index (κ2) is 12.9. The van der Waals surface area contributed by atoms with Crippen LogP contribution in [-0.4, -0.2) is 67.1 Å². The molecule has 0 unspecified atom stereocenters. The quantitative estimate of drug-likeness (QED) is 0.657. The Bertz CT molecular complexity index is 595. The Kier molecular flexibility index (Phi) is 10.8. The van der Waals surface area contributed by atoms with Gasteiger partial charge in [-0.2, -0.15) is 0 Å². The van der Waals surface area contributed by atoms with E-state index < -0.39 is 6.10 Å². The van der Waals surface area contributed by atoms with E-state index in [0.717, 1.165) is 51.1 Å². The Balaban J connectivity index is 0.00000105. The third kappa shape index (κ3) is 7.26. The van der Waals surface area contributed by atoms with Gasteiger partial charge in [-0.3, -0.25) is 14.5 Å². The zero-order valence-electron chi connectivity index (χ0n) is 15.6. The standard InChI is InChI=1S/C19H26N2O2.CH2O2/c1-3-4-8-12-20-13-9-14-21(16-15-20)19(22)18(23-2)17-10-6-5-7-11-17;2-1-3/h5-7,10-11,18H,3,9,12-16H2,1-2H3;1H,(H,2,3)/t18-;/m0./s1. The summed E-state index contributed by atoms with van der Waals surface area (Å²) in [6.45, 7) is 5.98. The maximum Gasteiger partial charge on any atom is 0.290 e. The van der Waals surface area contributed by atoms with E-state index in [1.807, 2.05) is 35.2 Å². The summed E-state index contributed by atoms with van der Waals surface area (Å²) < 4.78 is 5.47. The van der Waals surface area contributed by atoms with Gasteiger partial charge in [-0.15, -0.1) is 5.92 Å². The van der Waals surface area contributed by atoms with Gasteiger partial charge in [0.15, 0.2) is 6.10 Å². The van der Waals surface area contributed by atoms with Crippen molar-refractivity contribution in [3.05, 3.63) is 35.9 Å². The Morgan fingerprint density at radius 2 is 1.92 bits per heavy atom. The number of methoxy groups -OCH3 is 1. The van der Waals surface area contributed by atoms with Crippen molar-refractivity contribution in [3.63, 3.8) is 0 Å². The normalized spacial score (nSPS) is 15.5. The minimum atomic E-state index is -0.511. The molecule has 0 spiro atoms. The van der Waals surface area contributed by atoms with Gasteiger partial charge in [0.05, 0.1) is 6.54 Å².